The highest BCUT2D eigenvalue weighted by atomic mass is 32.2. The molecule has 0 fully saturated rings. The molecule has 0 bridgehead atoms. The average molecular weight is 371 g/mol. The fourth-order valence-electron chi connectivity index (χ4n) is 2.77. The third-order valence-electron chi connectivity index (χ3n) is 4.07. The minimum Gasteiger partial charge on any atom is -0.325 e. The van der Waals surface area contributed by atoms with E-state index in [9.17, 15) is 4.79 Å². The minimum absolute atomic E-state index is 0.0779. The molecule has 1 aromatic heterocycles. The molecule has 4 rings (SSSR count). The van der Waals surface area contributed by atoms with Crippen molar-refractivity contribution in [3.63, 3.8) is 0 Å². The first-order valence-corrected chi connectivity index (χ1v) is 9.56. The van der Waals surface area contributed by atoms with E-state index in [0.717, 1.165) is 16.9 Å². The molecule has 0 saturated carbocycles. The Balaban J connectivity index is 1.46. The number of anilines is 1. The standard InChI is InChI=1S/C22H17N3OS/c26-21(24-19-8-2-1-3-9-19)15-27-22-23-13-12-20(25-22)18-11-10-16-6-4-5-7-17(16)14-18/h1-14H,15H2,(H,24,26). The lowest BCUT2D eigenvalue weighted by atomic mass is 10.1. The summed E-state index contributed by atoms with van der Waals surface area (Å²) in [5, 5.41) is 5.82. The molecule has 1 amide bonds. The van der Waals surface area contributed by atoms with E-state index in [2.05, 4.69) is 45.6 Å². The molecule has 4 nitrogen and oxygen atoms in total. The number of benzene rings is 3. The third kappa shape index (κ3) is 4.33. The number of thioether (sulfide) groups is 1. The normalized spacial score (nSPS) is 10.7. The monoisotopic (exact) mass is 371 g/mol. The van der Waals surface area contributed by atoms with Crippen LogP contribution in [-0.2, 0) is 4.79 Å². The van der Waals surface area contributed by atoms with Crippen LogP contribution in [0.1, 0.15) is 0 Å². The van der Waals surface area contributed by atoms with Crippen molar-refractivity contribution in [3.8, 4) is 11.3 Å². The molecule has 5 heteroatoms. The summed E-state index contributed by atoms with van der Waals surface area (Å²) in [6, 6.07) is 25.8. The quantitative estimate of drug-likeness (QED) is 0.395. The van der Waals surface area contributed by atoms with Gasteiger partial charge in [-0.05, 0) is 35.0 Å². The summed E-state index contributed by atoms with van der Waals surface area (Å²) in [6.07, 6.45) is 1.73. The van der Waals surface area contributed by atoms with Gasteiger partial charge in [0.25, 0.3) is 0 Å². The van der Waals surface area contributed by atoms with Gasteiger partial charge in [-0.3, -0.25) is 4.79 Å². The zero-order valence-corrected chi connectivity index (χ0v) is 15.3. The van der Waals surface area contributed by atoms with E-state index in [1.165, 1.54) is 22.5 Å². The van der Waals surface area contributed by atoms with Gasteiger partial charge in [-0.25, -0.2) is 9.97 Å². The van der Waals surface area contributed by atoms with E-state index in [-0.39, 0.29) is 11.7 Å². The molecule has 132 valence electrons. The van der Waals surface area contributed by atoms with Crippen molar-refractivity contribution < 1.29 is 4.79 Å². The SMILES string of the molecule is O=C(CSc1nccc(-c2ccc3ccccc3c2)n1)Nc1ccccc1. The van der Waals surface area contributed by atoms with Crippen LogP contribution in [-0.4, -0.2) is 21.6 Å². The Morgan fingerprint density at radius 2 is 1.67 bits per heavy atom. The maximum atomic E-state index is 12.1. The topological polar surface area (TPSA) is 54.9 Å². The van der Waals surface area contributed by atoms with Gasteiger partial charge in [-0.1, -0.05) is 66.4 Å². The number of nitrogens with one attached hydrogen (secondary N) is 1. The first-order valence-electron chi connectivity index (χ1n) is 8.58. The van der Waals surface area contributed by atoms with Gasteiger partial charge >= 0.3 is 0 Å². The molecular formula is C22H17N3OS. The Morgan fingerprint density at radius 1 is 0.889 bits per heavy atom. The summed E-state index contributed by atoms with van der Waals surface area (Å²) in [6.45, 7) is 0. The van der Waals surface area contributed by atoms with Crippen molar-refractivity contribution in [1.82, 2.24) is 9.97 Å². The lowest BCUT2D eigenvalue weighted by molar-refractivity contribution is -0.113. The Morgan fingerprint density at radius 3 is 2.52 bits per heavy atom. The zero-order valence-electron chi connectivity index (χ0n) is 14.5. The smallest absolute Gasteiger partial charge is 0.234 e. The van der Waals surface area contributed by atoms with Gasteiger partial charge in [0.15, 0.2) is 5.16 Å². The van der Waals surface area contributed by atoms with Crippen molar-refractivity contribution in [2.24, 2.45) is 0 Å². The Labute approximate surface area is 161 Å². The molecule has 3 aromatic carbocycles. The van der Waals surface area contributed by atoms with Crippen LogP contribution in [0.2, 0.25) is 0 Å². The highest BCUT2D eigenvalue weighted by Crippen LogP contribution is 2.24. The van der Waals surface area contributed by atoms with Crippen LogP contribution in [0.15, 0.2) is 90.2 Å². The number of hydrogen-bond donors (Lipinski definition) is 1. The first kappa shape index (κ1) is 17.2. The summed E-state index contributed by atoms with van der Waals surface area (Å²) in [4.78, 5) is 21.0. The predicted octanol–water partition coefficient (Wildman–Crippen LogP) is 5.03. The molecule has 0 radical (unpaired) electrons. The van der Waals surface area contributed by atoms with E-state index in [0.29, 0.717) is 5.16 Å². The summed E-state index contributed by atoms with van der Waals surface area (Å²) >= 11 is 1.33. The fourth-order valence-corrected chi connectivity index (χ4v) is 3.40. The van der Waals surface area contributed by atoms with Gasteiger partial charge in [0.1, 0.15) is 0 Å². The second kappa shape index (κ2) is 8.01. The highest BCUT2D eigenvalue weighted by Gasteiger charge is 2.07. The largest absolute Gasteiger partial charge is 0.325 e. The lowest BCUT2D eigenvalue weighted by Crippen LogP contribution is -2.14. The van der Waals surface area contributed by atoms with E-state index >= 15 is 0 Å². The summed E-state index contributed by atoms with van der Waals surface area (Å²) in [5.41, 5.74) is 2.67. The molecule has 1 N–H and O–H groups in total. The second-order valence-electron chi connectivity index (χ2n) is 5.99. The lowest BCUT2D eigenvalue weighted by Gasteiger charge is -2.06. The number of carbonyl (C=O) groups excluding carboxylic acids is 1. The summed E-state index contributed by atoms with van der Waals surface area (Å²) in [5.74, 6) is 0.182. The van der Waals surface area contributed by atoms with Gasteiger partial charge in [-0.2, -0.15) is 0 Å². The van der Waals surface area contributed by atoms with Crippen molar-refractivity contribution in [2.45, 2.75) is 5.16 Å². The Bertz CT molecular complexity index is 1080. The van der Waals surface area contributed by atoms with Crippen LogP contribution in [0, 0.1) is 0 Å². The number of carbonyl (C=O) groups is 1. The van der Waals surface area contributed by atoms with Gasteiger partial charge in [-0.15, -0.1) is 0 Å². The molecule has 0 saturated heterocycles. The molecule has 0 spiro atoms. The molecular weight excluding hydrogens is 354 g/mol. The molecule has 0 atom stereocenters. The maximum Gasteiger partial charge on any atom is 0.234 e. The zero-order chi connectivity index (χ0) is 18.5. The Hall–Kier alpha value is -3.18. The molecule has 0 unspecified atom stereocenters. The highest BCUT2D eigenvalue weighted by molar-refractivity contribution is 7.99. The number of hydrogen-bond acceptors (Lipinski definition) is 4. The number of rotatable bonds is 5. The number of fused-ring (bicyclic) bond motifs is 1. The van der Waals surface area contributed by atoms with Crippen LogP contribution in [0.3, 0.4) is 0 Å². The average Bonchev–Trinajstić information content (AvgIpc) is 2.73. The first-order chi connectivity index (χ1) is 13.3. The Kier molecular flexibility index (Phi) is 5.12. The van der Waals surface area contributed by atoms with Crippen molar-refractivity contribution in [1.29, 1.82) is 0 Å². The summed E-state index contributed by atoms with van der Waals surface area (Å²) in [7, 11) is 0. The number of aromatic nitrogens is 2. The van der Waals surface area contributed by atoms with E-state index in [1.807, 2.05) is 48.5 Å². The molecule has 0 aliphatic carbocycles. The van der Waals surface area contributed by atoms with Gasteiger partial charge in [0.2, 0.25) is 5.91 Å². The number of nitrogens with zero attached hydrogens (tertiary/aromatic N) is 2. The number of amides is 1. The van der Waals surface area contributed by atoms with E-state index in [1.54, 1.807) is 6.20 Å². The van der Waals surface area contributed by atoms with Gasteiger partial charge in [0, 0.05) is 17.4 Å². The van der Waals surface area contributed by atoms with E-state index in [4.69, 9.17) is 0 Å². The van der Waals surface area contributed by atoms with Gasteiger partial charge < -0.3 is 5.32 Å². The van der Waals surface area contributed by atoms with Gasteiger partial charge in [0.05, 0.1) is 11.4 Å². The third-order valence-corrected chi connectivity index (χ3v) is 4.93. The molecule has 1 heterocycles. The molecule has 0 aliphatic heterocycles. The van der Waals surface area contributed by atoms with Crippen LogP contribution in [0.25, 0.3) is 22.0 Å². The van der Waals surface area contributed by atoms with Crippen LogP contribution in [0.4, 0.5) is 5.69 Å². The van der Waals surface area contributed by atoms with Crippen molar-refractivity contribution in [3.05, 3.63) is 85.1 Å². The second-order valence-corrected chi connectivity index (χ2v) is 6.93. The maximum absolute atomic E-state index is 12.1. The van der Waals surface area contributed by atoms with E-state index < -0.39 is 0 Å². The van der Waals surface area contributed by atoms with Crippen molar-refractivity contribution in [2.75, 3.05) is 11.1 Å². The summed E-state index contributed by atoms with van der Waals surface area (Å²) < 4.78 is 0. The molecule has 0 aliphatic rings. The fraction of sp³-hybridized carbons (Fsp3) is 0.0455. The number of para-hydroxylation sites is 1. The predicted molar refractivity (Wildman–Crippen MR) is 111 cm³/mol. The minimum atomic E-state index is -0.0779. The van der Waals surface area contributed by atoms with Crippen LogP contribution >= 0.6 is 11.8 Å². The van der Waals surface area contributed by atoms with Crippen LogP contribution < -0.4 is 5.32 Å². The molecule has 27 heavy (non-hydrogen) atoms. The van der Waals surface area contributed by atoms with Crippen molar-refractivity contribution >= 4 is 34.1 Å². The van der Waals surface area contributed by atoms with Crippen LogP contribution in [0.5, 0.6) is 0 Å². The molecule has 4 aromatic rings.